The summed E-state index contributed by atoms with van der Waals surface area (Å²) in [6.45, 7) is 13.4. The molecule has 3 nitrogen and oxygen atoms in total. The van der Waals surface area contributed by atoms with E-state index in [1.807, 2.05) is 18.3 Å². The first-order valence-corrected chi connectivity index (χ1v) is 8.26. The van der Waals surface area contributed by atoms with Crippen LogP contribution in [0.4, 0.5) is 0 Å². The number of aryl methyl sites for hydroxylation is 1. The van der Waals surface area contributed by atoms with Crippen LogP contribution in [-0.4, -0.2) is 18.1 Å². The quantitative estimate of drug-likeness (QED) is 0.699. The molecule has 1 heterocycles. The lowest BCUT2D eigenvalue weighted by Crippen LogP contribution is -2.24. The van der Waals surface area contributed by atoms with Crippen LogP contribution in [0.5, 0.6) is 0 Å². The molecular formula is C15H28N2OS. The van der Waals surface area contributed by atoms with Gasteiger partial charge in [-0.3, -0.25) is 0 Å². The minimum atomic E-state index is -0.230. The van der Waals surface area contributed by atoms with Gasteiger partial charge in [-0.25, -0.2) is 4.98 Å². The van der Waals surface area contributed by atoms with Gasteiger partial charge < -0.3 is 10.1 Å². The molecule has 1 atom stereocenters. The highest BCUT2D eigenvalue weighted by molar-refractivity contribution is 7.11. The third kappa shape index (κ3) is 4.26. The zero-order chi connectivity index (χ0) is 14.3. The average Bonchev–Trinajstić information content (AvgIpc) is 2.83. The third-order valence-corrected chi connectivity index (χ3v) is 4.76. The normalized spacial score (nSPS) is 14.6. The molecule has 0 aliphatic rings. The molecule has 0 aromatic carbocycles. The van der Waals surface area contributed by atoms with Crippen molar-refractivity contribution >= 4 is 11.3 Å². The Morgan fingerprint density at radius 3 is 2.53 bits per heavy atom. The minimum Gasteiger partial charge on any atom is -0.368 e. The molecule has 0 radical (unpaired) electrons. The molecular weight excluding hydrogens is 256 g/mol. The monoisotopic (exact) mass is 284 g/mol. The maximum Gasteiger partial charge on any atom is 0.125 e. The Balaban J connectivity index is 2.90. The summed E-state index contributed by atoms with van der Waals surface area (Å²) in [7, 11) is 0. The van der Waals surface area contributed by atoms with Gasteiger partial charge in [0.15, 0.2) is 0 Å². The van der Waals surface area contributed by atoms with Crippen molar-refractivity contribution in [1.82, 2.24) is 10.3 Å². The number of thiazole rings is 1. The van der Waals surface area contributed by atoms with Crippen LogP contribution in [-0.2, 0) is 23.3 Å². The highest BCUT2D eigenvalue weighted by Gasteiger charge is 2.29. The summed E-state index contributed by atoms with van der Waals surface area (Å²) in [5, 5.41) is 4.60. The predicted molar refractivity (Wildman–Crippen MR) is 82.8 cm³/mol. The number of aromatic nitrogens is 1. The van der Waals surface area contributed by atoms with E-state index in [9.17, 15) is 0 Å². The van der Waals surface area contributed by atoms with E-state index in [1.165, 1.54) is 17.0 Å². The van der Waals surface area contributed by atoms with Crippen LogP contribution in [0.3, 0.4) is 0 Å². The average molecular weight is 284 g/mol. The minimum absolute atomic E-state index is 0.230. The van der Waals surface area contributed by atoms with Gasteiger partial charge >= 0.3 is 0 Å². The second kappa shape index (κ2) is 7.98. The Morgan fingerprint density at radius 2 is 2.00 bits per heavy atom. The molecule has 4 heteroatoms. The molecule has 1 aromatic rings. The van der Waals surface area contributed by atoms with Crippen molar-refractivity contribution in [2.75, 3.05) is 13.2 Å². The molecule has 0 spiro atoms. The maximum absolute atomic E-state index is 5.93. The van der Waals surface area contributed by atoms with Crippen molar-refractivity contribution in [3.8, 4) is 0 Å². The summed E-state index contributed by atoms with van der Waals surface area (Å²) in [5.74, 6) is 0. The largest absolute Gasteiger partial charge is 0.368 e. The van der Waals surface area contributed by atoms with Gasteiger partial charge in [-0.1, -0.05) is 20.8 Å². The van der Waals surface area contributed by atoms with E-state index < -0.39 is 0 Å². The Bertz CT molecular complexity index is 378. The number of ether oxygens (including phenoxy) is 1. The van der Waals surface area contributed by atoms with Crippen LogP contribution in [0.2, 0.25) is 0 Å². The Labute approximate surface area is 121 Å². The van der Waals surface area contributed by atoms with Crippen LogP contribution in [0.25, 0.3) is 0 Å². The number of hydrogen-bond donors (Lipinski definition) is 1. The SMILES string of the molecule is CCCNCc1sc(C(C)(CC)OCC)nc1CC. The van der Waals surface area contributed by atoms with Gasteiger partial charge in [0.05, 0.1) is 5.69 Å². The van der Waals surface area contributed by atoms with Crippen LogP contribution < -0.4 is 5.32 Å². The first kappa shape index (κ1) is 16.6. The Morgan fingerprint density at radius 1 is 1.26 bits per heavy atom. The van der Waals surface area contributed by atoms with Crippen LogP contribution in [0, 0.1) is 0 Å². The first-order chi connectivity index (χ1) is 9.11. The second-order valence-electron chi connectivity index (χ2n) is 4.94. The van der Waals surface area contributed by atoms with E-state index in [4.69, 9.17) is 9.72 Å². The fraction of sp³-hybridized carbons (Fsp3) is 0.800. The van der Waals surface area contributed by atoms with Gasteiger partial charge in [-0.2, -0.15) is 0 Å². The van der Waals surface area contributed by atoms with Crippen molar-refractivity contribution in [2.45, 2.75) is 66.0 Å². The molecule has 1 N–H and O–H groups in total. The van der Waals surface area contributed by atoms with E-state index in [0.29, 0.717) is 0 Å². The molecule has 0 saturated heterocycles. The summed E-state index contributed by atoms with van der Waals surface area (Å²) in [6.07, 6.45) is 3.11. The summed E-state index contributed by atoms with van der Waals surface area (Å²) in [6, 6.07) is 0. The Hall–Kier alpha value is -0.450. The molecule has 0 saturated carbocycles. The lowest BCUT2D eigenvalue weighted by Gasteiger charge is -2.25. The zero-order valence-corrected chi connectivity index (χ0v) is 13.8. The number of rotatable bonds is 9. The highest BCUT2D eigenvalue weighted by Crippen LogP contribution is 2.34. The van der Waals surface area contributed by atoms with Crippen molar-refractivity contribution in [3.63, 3.8) is 0 Å². The van der Waals surface area contributed by atoms with Crippen molar-refractivity contribution in [2.24, 2.45) is 0 Å². The summed E-state index contributed by atoms with van der Waals surface area (Å²) < 4.78 is 5.93. The smallest absolute Gasteiger partial charge is 0.125 e. The number of nitrogens with one attached hydrogen (secondary N) is 1. The molecule has 1 rings (SSSR count). The van der Waals surface area contributed by atoms with Gasteiger partial charge in [0.2, 0.25) is 0 Å². The first-order valence-electron chi connectivity index (χ1n) is 7.44. The van der Waals surface area contributed by atoms with Gasteiger partial charge in [0.1, 0.15) is 10.6 Å². The fourth-order valence-electron chi connectivity index (χ4n) is 2.04. The van der Waals surface area contributed by atoms with Gasteiger partial charge in [0.25, 0.3) is 0 Å². The van der Waals surface area contributed by atoms with Crippen LogP contribution in [0.15, 0.2) is 0 Å². The van der Waals surface area contributed by atoms with Crippen molar-refractivity contribution < 1.29 is 4.74 Å². The molecule has 0 aliphatic heterocycles. The van der Waals surface area contributed by atoms with E-state index in [2.05, 4.69) is 33.0 Å². The Kier molecular flexibility index (Phi) is 6.97. The molecule has 19 heavy (non-hydrogen) atoms. The zero-order valence-electron chi connectivity index (χ0n) is 13.0. The molecule has 0 fully saturated rings. The van der Waals surface area contributed by atoms with Crippen molar-refractivity contribution in [3.05, 3.63) is 15.6 Å². The summed E-state index contributed by atoms with van der Waals surface area (Å²) in [4.78, 5) is 6.19. The van der Waals surface area contributed by atoms with E-state index >= 15 is 0 Å². The molecule has 1 aromatic heterocycles. The highest BCUT2D eigenvalue weighted by atomic mass is 32.1. The van der Waals surface area contributed by atoms with Gasteiger partial charge in [-0.05, 0) is 39.7 Å². The lowest BCUT2D eigenvalue weighted by molar-refractivity contribution is -0.0325. The fourth-order valence-corrected chi connectivity index (χ4v) is 3.33. The molecule has 110 valence electrons. The molecule has 0 amide bonds. The van der Waals surface area contributed by atoms with E-state index in [1.54, 1.807) is 0 Å². The lowest BCUT2D eigenvalue weighted by atomic mass is 10.0. The maximum atomic E-state index is 5.93. The van der Waals surface area contributed by atoms with Gasteiger partial charge in [-0.15, -0.1) is 11.3 Å². The topological polar surface area (TPSA) is 34.1 Å². The van der Waals surface area contributed by atoms with E-state index in [0.717, 1.165) is 37.5 Å². The number of nitrogens with zero attached hydrogens (tertiary/aromatic N) is 1. The van der Waals surface area contributed by atoms with Crippen LogP contribution in [0.1, 0.15) is 63.0 Å². The van der Waals surface area contributed by atoms with E-state index in [-0.39, 0.29) is 5.60 Å². The number of hydrogen-bond acceptors (Lipinski definition) is 4. The second-order valence-corrected chi connectivity index (χ2v) is 6.02. The standard InChI is InChI=1S/C15H28N2OS/c1-6-10-16-11-13-12(7-2)17-14(19-13)15(5,8-3)18-9-4/h16H,6-11H2,1-5H3. The third-order valence-electron chi connectivity index (χ3n) is 3.42. The molecule has 0 bridgehead atoms. The molecule has 0 aliphatic carbocycles. The predicted octanol–water partition coefficient (Wildman–Crippen LogP) is 3.87. The summed E-state index contributed by atoms with van der Waals surface area (Å²) in [5.41, 5.74) is 0.995. The van der Waals surface area contributed by atoms with Gasteiger partial charge in [0, 0.05) is 18.0 Å². The summed E-state index contributed by atoms with van der Waals surface area (Å²) >= 11 is 1.81. The molecule has 1 unspecified atom stereocenters. The van der Waals surface area contributed by atoms with Crippen molar-refractivity contribution in [1.29, 1.82) is 0 Å². The van der Waals surface area contributed by atoms with Crippen LogP contribution >= 0.6 is 11.3 Å².